The number of carbonyl (C=O) groups excluding carboxylic acids is 1. The standard InChI is InChI=1S/C24H32N4O4S.C2HF3O2/c1-17-5-7-21(14-18(17)2)33(30,31)27-22-15-19(24(29)26-16-20-4-3-13-32-20)6-8-23(22)28-11-9-25-10-12-28;3-2(4,5)1(6)7/h5-8,14-15,20,25,27H,3-4,9-13,16H2,1-2H3,(H,26,29);(H,6,7). The lowest BCUT2D eigenvalue weighted by molar-refractivity contribution is -0.192. The normalized spacial score (nSPS) is 17.5. The van der Waals surface area contributed by atoms with Gasteiger partial charge in [0.2, 0.25) is 0 Å². The van der Waals surface area contributed by atoms with Gasteiger partial charge < -0.3 is 25.4 Å². The number of aryl methyl sites for hydroxylation is 2. The molecule has 14 heteroatoms. The first kappa shape index (κ1) is 31.2. The molecule has 0 spiro atoms. The fourth-order valence-corrected chi connectivity index (χ4v) is 5.29. The van der Waals surface area contributed by atoms with E-state index in [1.54, 1.807) is 30.3 Å². The maximum Gasteiger partial charge on any atom is 0.490 e. The first-order valence-corrected chi connectivity index (χ1v) is 14.2. The largest absolute Gasteiger partial charge is 0.490 e. The van der Waals surface area contributed by atoms with Gasteiger partial charge in [0.15, 0.2) is 0 Å². The molecular formula is C26H33F3N4O6S. The van der Waals surface area contributed by atoms with E-state index < -0.39 is 22.2 Å². The fraction of sp³-hybridized carbons (Fsp3) is 0.462. The summed E-state index contributed by atoms with van der Waals surface area (Å²) < 4.78 is 66.5. The van der Waals surface area contributed by atoms with E-state index in [-0.39, 0.29) is 16.9 Å². The molecule has 2 aliphatic heterocycles. The summed E-state index contributed by atoms with van der Waals surface area (Å²) in [7, 11) is -3.83. The molecule has 1 atom stereocenters. The monoisotopic (exact) mass is 586 g/mol. The van der Waals surface area contributed by atoms with Crippen LogP contribution in [-0.4, -0.2) is 77.0 Å². The van der Waals surface area contributed by atoms with Crippen molar-refractivity contribution in [1.82, 2.24) is 10.6 Å². The molecule has 40 heavy (non-hydrogen) atoms. The lowest BCUT2D eigenvalue weighted by Crippen LogP contribution is -2.43. The van der Waals surface area contributed by atoms with Crippen molar-refractivity contribution >= 4 is 33.3 Å². The molecule has 2 aliphatic rings. The van der Waals surface area contributed by atoms with Gasteiger partial charge in [-0.2, -0.15) is 13.2 Å². The molecular weight excluding hydrogens is 553 g/mol. The Balaban J connectivity index is 0.000000559. The highest BCUT2D eigenvalue weighted by atomic mass is 32.2. The Morgan fingerprint density at radius 1 is 1.10 bits per heavy atom. The number of nitrogens with zero attached hydrogens (tertiary/aromatic N) is 1. The number of sulfonamides is 1. The molecule has 1 unspecified atom stereocenters. The lowest BCUT2D eigenvalue weighted by Gasteiger charge is -2.31. The molecule has 0 radical (unpaired) electrons. The molecule has 0 bridgehead atoms. The maximum absolute atomic E-state index is 13.2. The summed E-state index contributed by atoms with van der Waals surface area (Å²) in [5.41, 5.74) is 3.51. The van der Waals surface area contributed by atoms with Gasteiger partial charge in [0.05, 0.1) is 22.4 Å². The van der Waals surface area contributed by atoms with E-state index in [4.69, 9.17) is 14.6 Å². The van der Waals surface area contributed by atoms with Crippen LogP contribution < -0.4 is 20.3 Å². The number of benzene rings is 2. The predicted octanol–water partition coefficient (Wildman–Crippen LogP) is 3.06. The number of amides is 1. The third-order valence-corrected chi connectivity index (χ3v) is 7.87. The van der Waals surface area contributed by atoms with Crippen LogP contribution in [-0.2, 0) is 19.6 Å². The van der Waals surface area contributed by atoms with E-state index in [9.17, 15) is 26.4 Å². The second kappa shape index (κ2) is 13.3. The van der Waals surface area contributed by atoms with Crippen LogP contribution in [0, 0.1) is 13.8 Å². The number of hydrogen-bond donors (Lipinski definition) is 4. The predicted molar refractivity (Wildman–Crippen MR) is 143 cm³/mol. The molecule has 2 heterocycles. The van der Waals surface area contributed by atoms with Crippen LogP contribution in [0.25, 0.3) is 0 Å². The Morgan fingerprint density at radius 2 is 1.77 bits per heavy atom. The number of anilines is 2. The van der Waals surface area contributed by atoms with E-state index in [0.29, 0.717) is 17.8 Å². The average molecular weight is 587 g/mol. The van der Waals surface area contributed by atoms with Crippen molar-refractivity contribution in [1.29, 1.82) is 0 Å². The first-order chi connectivity index (χ1) is 18.8. The molecule has 4 N–H and O–H groups in total. The van der Waals surface area contributed by atoms with Gasteiger partial charge in [-0.25, -0.2) is 13.2 Å². The number of rotatable bonds is 7. The number of carboxylic acids is 1. The van der Waals surface area contributed by atoms with Crippen molar-refractivity contribution in [2.45, 2.75) is 43.9 Å². The fourth-order valence-electron chi connectivity index (χ4n) is 4.14. The smallest absolute Gasteiger partial charge is 0.475 e. The third-order valence-electron chi connectivity index (χ3n) is 6.51. The number of aliphatic carboxylic acids is 1. The summed E-state index contributed by atoms with van der Waals surface area (Å²) in [5, 5.41) is 13.3. The molecule has 4 rings (SSSR count). The zero-order chi connectivity index (χ0) is 29.5. The van der Waals surface area contributed by atoms with Crippen LogP contribution in [0.15, 0.2) is 41.3 Å². The van der Waals surface area contributed by atoms with Crippen molar-refractivity contribution in [2.75, 3.05) is 49.0 Å². The van der Waals surface area contributed by atoms with Gasteiger partial charge in [-0.3, -0.25) is 9.52 Å². The number of carboxylic acid groups (broad SMARTS) is 1. The van der Waals surface area contributed by atoms with E-state index in [1.165, 1.54) is 0 Å². The Hall–Kier alpha value is -3.36. The lowest BCUT2D eigenvalue weighted by atomic mass is 10.1. The van der Waals surface area contributed by atoms with Gasteiger partial charge in [0.1, 0.15) is 0 Å². The Labute approximate surface area is 230 Å². The summed E-state index contributed by atoms with van der Waals surface area (Å²) in [6.07, 6.45) is -3.11. The maximum atomic E-state index is 13.2. The minimum atomic E-state index is -5.08. The van der Waals surface area contributed by atoms with Crippen LogP contribution in [0.3, 0.4) is 0 Å². The van der Waals surface area contributed by atoms with Crippen LogP contribution in [0.4, 0.5) is 24.5 Å². The zero-order valence-corrected chi connectivity index (χ0v) is 23.0. The summed E-state index contributed by atoms with van der Waals surface area (Å²) in [4.78, 5) is 24.0. The van der Waals surface area contributed by atoms with Crippen molar-refractivity contribution in [3.05, 3.63) is 53.1 Å². The van der Waals surface area contributed by atoms with E-state index in [2.05, 4.69) is 20.3 Å². The van der Waals surface area contributed by atoms with Gasteiger partial charge >= 0.3 is 12.1 Å². The van der Waals surface area contributed by atoms with Gasteiger partial charge in [-0.05, 0) is 68.1 Å². The van der Waals surface area contributed by atoms with Gasteiger partial charge in [-0.15, -0.1) is 0 Å². The molecule has 0 saturated carbocycles. The second-order valence-corrected chi connectivity index (χ2v) is 11.2. The summed E-state index contributed by atoms with van der Waals surface area (Å²) in [6, 6.07) is 10.3. The number of halogens is 3. The molecule has 2 aromatic rings. The Morgan fingerprint density at radius 3 is 2.35 bits per heavy atom. The number of alkyl halides is 3. The Kier molecular flexibility index (Phi) is 10.4. The van der Waals surface area contributed by atoms with Crippen molar-refractivity contribution in [3.63, 3.8) is 0 Å². The van der Waals surface area contributed by atoms with Gasteiger partial charge in [0, 0.05) is 44.9 Å². The molecule has 2 fully saturated rings. The Bertz CT molecular complexity index is 1310. The van der Waals surface area contributed by atoms with Crippen molar-refractivity contribution in [3.8, 4) is 0 Å². The molecule has 1 amide bonds. The van der Waals surface area contributed by atoms with Crippen LogP contribution in [0.5, 0.6) is 0 Å². The van der Waals surface area contributed by atoms with Gasteiger partial charge in [-0.1, -0.05) is 6.07 Å². The minimum Gasteiger partial charge on any atom is -0.475 e. The summed E-state index contributed by atoms with van der Waals surface area (Å²) in [6.45, 7) is 8.14. The molecule has 0 aliphatic carbocycles. The van der Waals surface area contributed by atoms with Crippen LogP contribution in [0.1, 0.15) is 34.3 Å². The minimum absolute atomic E-state index is 0.0387. The zero-order valence-electron chi connectivity index (χ0n) is 22.2. The highest BCUT2D eigenvalue weighted by molar-refractivity contribution is 7.92. The topological polar surface area (TPSA) is 137 Å². The quantitative estimate of drug-likeness (QED) is 0.389. The highest BCUT2D eigenvalue weighted by Crippen LogP contribution is 2.30. The van der Waals surface area contributed by atoms with Gasteiger partial charge in [0.25, 0.3) is 15.9 Å². The van der Waals surface area contributed by atoms with Crippen molar-refractivity contribution in [2.24, 2.45) is 0 Å². The number of carbonyl (C=O) groups is 2. The average Bonchev–Trinajstić information content (AvgIpc) is 3.42. The summed E-state index contributed by atoms with van der Waals surface area (Å²) in [5.74, 6) is -3.00. The van der Waals surface area contributed by atoms with Crippen molar-refractivity contribution < 1.29 is 41.0 Å². The highest BCUT2D eigenvalue weighted by Gasteiger charge is 2.38. The second-order valence-electron chi connectivity index (χ2n) is 9.47. The number of hydrogen-bond acceptors (Lipinski definition) is 7. The van der Waals surface area contributed by atoms with E-state index in [0.717, 1.165) is 62.4 Å². The third kappa shape index (κ3) is 8.57. The molecule has 220 valence electrons. The SMILES string of the molecule is Cc1ccc(S(=O)(=O)Nc2cc(C(=O)NCC3CCCO3)ccc2N2CCNCC2)cc1C.O=C(O)C(F)(F)F. The van der Waals surface area contributed by atoms with E-state index in [1.807, 2.05) is 19.9 Å². The van der Waals surface area contributed by atoms with Crippen LogP contribution >= 0.6 is 0 Å². The van der Waals surface area contributed by atoms with E-state index >= 15 is 0 Å². The molecule has 10 nitrogen and oxygen atoms in total. The number of piperazine rings is 1. The molecule has 2 aromatic carbocycles. The van der Waals surface area contributed by atoms with Crippen LogP contribution in [0.2, 0.25) is 0 Å². The molecule has 2 saturated heterocycles. The number of ether oxygens (including phenoxy) is 1. The first-order valence-electron chi connectivity index (χ1n) is 12.7. The molecule has 0 aromatic heterocycles. The number of nitrogens with one attached hydrogen (secondary N) is 3. The summed E-state index contributed by atoms with van der Waals surface area (Å²) >= 11 is 0.